The maximum Gasteiger partial charge on any atom is 0.331 e. The van der Waals surface area contributed by atoms with Gasteiger partial charge in [0.05, 0.1) is 12.7 Å². The van der Waals surface area contributed by atoms with E-state index in [4.69, 9.17) is 14.3 Å². The van der Waals surface area contributed by atoms with Gasteiger partial charge in [0, 0.05) is 11.6 Å². The lowest BCUT2D eigenvalue weighted by Gasteiger charge is -2.40. The second-order valence-electron chi connectivity index (χ2n) is 6.38. The average Bonchev–Trinajstić information content (AvgIpc) is 2.70. The van der Waals surface area contributed by atoms with E-state index in [1.807, 2.05) is 0 Å². The Hall–Kier alpha value is -0.693. The minimum Gasteiger partial charge on any atom is -0.458 e. The van der Waals surface area contributed by atoms with Crippen molar-refractivity contribution in [2.24, 2.45) is 0 Å². The van der Waals surface area contributed by atoms with Gasteiger partial charge >= 0.3 is 5.97 Å². The molecule has 2 N–H and O–H groups in total. The molecule has 0 unspecified atom stereocenters. The number of rotatable bonds is 5. The Morgan fingerprint density at radius 2 is 2.05 bits per heavy atom. The summed E-state index contributed by atoms with van der Waals surface area (Å²) in [5.41, 5.74) is 0.594. The number of hydrogen-bond donors (Lipinski definition) is 2. The molecule has 1 rings (SSSR count). The van der Waals surface area contributed by atoms with Gasteiger partial charge in [0.15, 0.2) is 8.32 Å². The molecule has 0 amide bonds. The van der Waals surface area contributed by atoms with Crippen molar-refractivity contribution in [1.82, 2.24) is 0 Å². The van der Waals surface area contributed by atoms with Gasteiger partial charge in [-0.2, -0.15) is 0 Å². The lowest BCUT2D eigenvalue weighted by molar-refractivity contribution is -0.135. The van der Waals surface area contributed by atoms with Crippen molar-refractivity contribution in [2.45, 2.75) is 51.1 Å². The summed E-state index contributed by atoms with van der Waals surface area (Å²) in [5, 5.41) is 19.1. The van der Waals surface area contributed by atoms with Crippen LogP contribution in [0.25, 0.3) is 0 Å². The molecule has 2 atom stereocenters. The number of hydrogen-bond acceptors (Lipinski definition) is 5. The van der Waals surface area contributed by atoms with Crippen LogP contribution in [0.4, 0.5) is 0 Å². The fourth-order valence-corrected chi connectivity index (χ4v) is 2.84. The molecule has 1 aliphatic rings. The van der Waals surface area contributed by atoms with E-state index in [9.17, 15) is 9.90 Å². The third kappa shape index (κ3) is 3.89. The molecule has 19 heavy (non-hydrogen) atoms. The molecule has 0 aliphatic carbocycles. The smallest absolute Gasteiger partial charge is 0.331 e. The van der Waals surface area contributed by atoms with Crippen LogP contribution in [0.15, 0.2) is 11.6 Å². The van der Waals surface area contributed by atoms with Crippen LogP contribution in [0.1, 0.15) is 20.8 Å². The van der Waals surface area contributed by atoms with E-state index < -0.39 is 33.1 Å². The lowest BCUT2D eigenvalue weighted by atomic mass is 10.1. The monoisotopic (exact) mass is 288 g/mol. The fraction of sp³-hybridized carbons (Fsp3) is 0.769. The summed E-state index contributed by atoms with van der Waals surface area (Å²) in [7, 11) is -2.12. The van der Waals surface area contributed by atoms with Crippen LogP contribution in [-0.4, -0.2) is 49.9 Å². The highest BCUT2D eigenvalue weighted by Gasteiger charge is 2.42. The highest BCUT2D eigenvalue weighted by atomic mass is 28.4. The van der Waals surface area contributed by atoms with E-state index in [1.165, 1.54) is 6.08 Å². The zero-order chi connectivity index (χ0) is 14.8. The molecule has 0 aromatic carbocycles. The summed E-state index contributed by atoms with van der Waals surface area (Å²) in [6, 6.07) is 0. The van der Waals surface area contributed by atoms with Crippen molar-refractivity contribution in [3.05, 3.63) is 11.6 Å². The minimum absolute atomic E-state index is 0.0234. The van der Waals surface area contributed by atoms with Crippen LogP contribution < -0.4 is 0 Å². The van der Waals surface area contributed by atoms with Crippen LogP contribution >= 0.6 is 0 Å². The molecule has 5 nitrogen and oxygen atoms in total. The molecular weight excluding hydrogens is 264 g/mol. The number of esters is 1. The molecule has 1 aliphatic heterocycles. The predicted octanol–water partition coefficient (Wildman–Crippen LogP) is 1.21. The van der Waals surface area contributed by atoms with Gasteiger partial charge in [-0.15, -0.1) is 0 Å². The van der Waals surface area contributed by atoms with Crippen LogP contribution in [0, 0.1) is 0 Å². The van der Waals surface area contributed by atoms with Crippen LogP contribution in [-0.2, 0) is 14.0 Å². The van der Waals surface area contributed by atoms with E-state index in [-0.39, 0.29) is 11.6 Å². The Morgan fingerprint density at radius 3 is 2.42 bits per heavy atom. The van der Waals surface area contributed by atoms with E-state index in [0.717, 1.165) is 0 Å². The van der Waals surface area contributed by atoms with E-state index >= 15 is 0 Å². The van der Waals surface area contributed by atoms with Crippen molar-refractivity contribution >= 4 is 14.3 Å². The summed E-state index contributed by atoms with van der Waals surface area (Å²) < 4.78 is 11.0. The molecule has 0 aromatic heterocycles. The third-order valence-corrected chi connectivity index (χ3v) is 8.27. The molecule has 0 radical (unpaired) electrons. The van der Waals surface area contributed by atoms with Gasteiger partial charge in [0.25, 0.3) is 0 Å². The predicted molar refractivity (Wildman–Crippen MR) is 74.2 cm³/mol. The first-order valence-corrected chi connectivity index (χ1v) is 9.33. The number of aliphatic hydroxyl groups is 2. The Labute approximate surface area is 115 Å². The highest BCUT2D eigenvalue weighted by molar-refractivity contribution is 6.74. The molecule has 0 saturated carbocycles. The fourth-order valence-electron chi connectivity index (χ4n) is 1.54. The summed E-state index contributed by atoms with van der Waals surface area (Å²) in [6.07, 6.45) is -0.385. The Bertz CT molecular complexity index is 370. The maximum absolute atomic E-state index is 11.1. The minimum atomic E-state index is -2.12. The van der Waals surface area contributed by atoms with Gasteiger partial charge in [-0.05, 0) is 18.1 Å². The van der Waals surface area contributed by atoms with Gasteiger partial charge < -0.3 is 19.4 Å². The van der Waals surface area contributed by atoms with Gasteiger partial charge in [-0.25, -0.2) is 4.79 Å². The molecule has 0 fully saturated rings. The zero-order valence-electron chi connectivity index (χ0n) is 12.3. The van der Waals surface area contributed by atoms with Crippen molar-refractivity contribution in [2.75, 3.05) is 13.2 Å². The zero-order valence-corrected chi connectivity index (χ0v) is 13.3. The number of ether oxygens (including phenoxy) is 1. The summed E-state index contributed by atoms with van der Waals surface area (Å²) in [5.74, 6) is -0.427. The molecule has 0 spiro atoms. The van der Waals surface area contributed by atoms with Crippen molar-refractivity contribution < 1.29 is 24.2 Å². The van der Waals surface area contributed by atoms with Crippen molar-refractivity contribution in [1.29, 1.82) is 0 Å². The normalized spacial score (nSPS) is 19.9. The van der Waals surface area contributed by atoms with E-state index in [0.29, 0.717) is 5.57 Å². The van der Waals surface area contributed by atoms with Crippen molar-refractivity contribution in [3.8, 4) is 0 Å². The largest absolute Gasteiger partial charge is 0.458 e. The van der Waals surface area contributed by atoms with Crippen molar-refractivity contribution in [3.63, 3.8) is 0 Å². The molecule has 0 aromatic rings. The molecule has 0 bridgehead atoms. The topological polar surface area (TPSA) is 76.0 Å². The third-order valence-electron chi connectivity index (χ3n) is 3.81. The number of aliphatic hydroxyl groups excluding tert-OH is 2. The maximum atomic E-state index is 11.1. The first-order chi connectivity index (χ1) is 8.58. The molecule has 110 valence electrons. The Morgan fingerprint density at radius 1 is 1.47 bits per heavy atom. The van der Waals surface area contributed by atoms with Gasteiger partial charge in [-0.3, -0.25) is 0 Å². The molecule has 0 saturated heterocycles. The van der Waals surface area contributed by atoms with Gasteiger partial charge in [-0.1, -0.05) is 20.8 Å². The first kappa shape index (κ1) is 16.4. The first-order valence-electron chi connectivity index (χ1n) is 6.42. The quantitative estimate of drug-likeness (QED) is 0.587. The molecule has 6 heteroatoms. The number of cyclic esters (lactones) is 1. The Kier molecular flexibility index (Phi) is 4.95. The van der Waals surface area contributed by atoms with E-state index in [2.05, 4.69) is 33.9 Å². The average molecular weight is 288 g/mol. The van der Waals surface area contributed by atoms with Gasteiger partial charge in [0.2, 0.25) is 0 Å². The number of carbonyl (C=O) groups is 1. The number of carbonyl (C=O) groups excluding carboxylic acids is 1. The van der Waals surface area contributed by atoms with Crippen LogP contribution in [0.5, 0.6) is 0 Å². The van der Waals surface area contributed by atoms with Crippen LogP contribution in [0.3, 0.4) is 0 Å². The highest BCUT2D eigenvalue weighted by Crippen LogP contribution is 2.38. The van der Waals surface area contributed by atoms with Crippen LogP contribution in [0.2, 0.25) is 18.1 Å². The van der Waals surface area contributed by atoms with Gasteiger partial charge in [0.1, 0.15) is 12.7 Å². The standard InChI is InChI=1S/C13H24O5Si/c1-13(2,3)19(4,5)18-12(10(15)7-14)9-6-11(16)17-8-9/h6,10,12,14-15H,7-8H2,1-5H3/t10-,12-/m1/s1. The summed E-state index contributed by atoms with van der Waals surface area (Å²) in [6.45, 7) is 10.1. The summed E-state index contributed by atoms with van der Waals surface area (Å²) in [4.78, 5) is 11.1. The molecule has 1 heterocycles. The second-order valence-corrected chi connectivity index (χ2v) is 11.1. The van der Waals surface area contributed by atoms with E-state index in [1.54, 1.807) is 0 Å². The second kappa shape index (κ2) is 5.74. The SMILES string of the molecule is CC(C)(C)[Si](C)(C)O[C@H](C1=CC(=O)OC1)[C@H](O)CO. The Balaban J connectivity index is 2.94. The lowest BCUT2D eigenvalue weighted by Crippen LogP contribution is -2.48. The summed E-state index contributed by atoms with van der Waals surface area (Å²) >= 11 is 0. The molecular formula is C13H24O5Si.